The zero-order valence-corrected chi connectivity index (χ0v) is 21.4. The molecule has 0 spiro atoms. The Bertz CT molecular complexity index is 1120. The fourth-order valence-corrected chi connectivity index (χ4v) is 5.92. The van der Waals surface area contributed by atoms with Crippen LogP contribution in [0.15, 0.2) is 47.5 Å². The van der Waals surface area contributed by atoms with Crippen LogP contribution in [0.4, 0.5) is 0 Å². The van der Waals surface area contributed by atoms with Crippen molar-refractivity contribution >= 4 is 29.3 Å². The molecule has 0 radical (unpaired) electrons. The van der Waals surface area contributed by atoms with Crippen LogP contribution in [0.1, 0.15) is 65.7 Å². The van der Waals surface area contributed by atoms with Crippen LogP contribution in [0.3, 0.4) is 0 Å². The van der Waals surface area contributed by atoms with Crippen LogP contribution in [0.25, 0.3) is 0 Å². The van der Waals surface area contributed by atoms with Gasteiger partial charge in [0.05, 0.1) is 20.3 Å². The molecule has 1 saturated carbocycles. The number of methoxy groups -OCH3 is 1. The number of esters is 1. The van der Waals surface area contributed by atoms with Crippen LogP contribution in [-0.4, -0.2) is 39.9 Å². The maximum absolute atomic E-state index is 12.6. The minimum absolute atomic E-state index is 0.299. The highest BCUT2D eigenvalue weighted by Gasteiger charge is 2.29. The number of carbonyl (C=O) groups excluding carboxylic acids is 1. The number of thioether (sulfide) groups is 1. The highest BCUT2D eigenvalue weighted by molar-refractivity contribution is 7.99. The molecule has 3 aromatic rings. The number of carbonyl (C=O) groups is 1. The second-order valence-corrected chi connectivity index (χ2v) is 10.3. The molecule has 0 N–H and O–H groups in total. The van der Waals surface area contributed by atoms with Crippen molar-refractivity contribution < 1.29 is 14.3 Å². The van der Waals surface area contributed by atoms with Gasteiger partial charge >= 0.3 is 5.97 Å². The molecule has 0 saturated heterocycles. The number of aromatic nitrogens is 3. The van der Waals surface area contributed by atoms with Crippen molar-refractivity contribution in [3.05, 3.63) is 69.9 Å². The van der Waals surface area contributed by atoms with Gasteiger partial charge < -0.3 is 9.47 Å². The fourth-order valence-electron chi connectivity index (χ4n) is 4.46. The molecule has 1 heterocycles. The average Bonchev–Trinajstić information content (AvgIpc) is 3.24. The van der Waals surface area contributed by atoms with Crippen molar-refractivity contribution in [2.24, 2.45) is 0 Å². The summed E-state index contributed by atoms with van der Waals surface area (Å²) in [5, 5.41) is 10.5. The lowest BCUT2D eigenvalue weighted by molar-refractivity contribution is 0.0515. The number of rotatable bonds is 8. The van der Waals surface area contributed by atoms with E-state index in [0.717, 1.165) is 47.0 Å². The van der Waals surface area contributed by atoms with Crippen LogP contribution >= 0.6 is 23.4 Å². The van der Waals surface area contributed by atoms with Gasteiger partial charge in [0, 0.05) is 10.3 Å². The molecule has 1 aliphatic rings. The molecule has 4 rings (SSSR count). The van der Waals surface area contributed by atoms with Gasteiger partial charge in [-0.25, -0.2) is 9.48 Å². The van der Waals surface area contributed by atoms with Crippen LogP contribution in [0.2, 0.25) is 5.02 Å². The second kappa shape index (κ2) is 11.3. The third-order valence-electron chi connectivity index (χ3n) is 6.28. The molecule has 0 amide bonds. The normalized spacial score (nSPS) is 18.0. The quantitative estimate of drug-likeness (QED) is 0.339. The predicted molar refractivity (Wildman–Crippen MR) is 135 cm³/mol. The highest BCUT2D eigenvalue weighted by atomic mass is 35.5. The molecule has 1 fully saturated rings. The smallest absolute Gasteiger partial charge is 0.361 e. The Hall–Kier alpha value is -2.51. The number of ether oxygens (including phenoxy) is 2. The Balaban J connectivity index is 1.50. The molecular weight excluding hydrogens is 470 g/mol. The van der Waals surface area contributed by atoms with Gasteiger partial charge in [-0.3, -0.25) is 0 Å². The van der Waals surface area contributed by atoms with Crippen LogP contribution in [-0.2, 0) is 11.3 Å². The molecule has 6 nitrogen and oxygen atoms in total. The van der Waals surface area contributed by atoms with E-state index >= 15 is 0 Å². The second-order valence-electron chi connectivity index (χ2n) is 8.56. The van der Waals surface area contributed by atoms with Gasteiger partial charge in [0.2, 0.25) is 5.69 Å². The summed E-state index contributed by atoms with van der Waals surface area (Å²) < 4.78 is 12.3. The molecule has 0 unspecified atom stereocenters. The molecular formula is C26H30ClN3O3S. The van der Waals surface area contributed by atoms with Crippen molar-refractivity contribution in [1.29, 1.82) is 0 Å². The average molecular weight is 500 g/mol. The summed E-state index contributed by atoms with van der Waals surface area (Å²) in [5.41, 5.74) is 4.01. The first-order valence-electron chi connectivity index (χ1n) is 11.6. The number of benzene rings is 2. The lowest BCUT2D eigenvalue weighted by Crippen LogP contribution is -2.17. The summed E-state index contributed by atoms with van der Waals surface area (Å²) >= 11 is 7.96. The van der Waals surface area contributed by atoms with Gasteiger partial charge in [-0.1, -0.05) is 35.0 Å². The predicted octanol–water partition coefficient (Wildman–Crippen LogP) is 6.29. The van der Waals surface area contributed by atoms with E-state index in [1.165, 1.54) is 11.1 Å². The van der Waals surface area contributed by atoms with Crippen LogP contribution in [0, 0.1) is 6.92 Å². The van der Waals surface area contributed by atoms with Gasteiger partial charge in [-0.15, -0.1) is 16.9 Å². The molecule has 0 bridgehead atoms. The molecule has 1 aliphatic carbocycles. The first-order valence-corrected chi connectivity index (χ1v) is 12.9. The zero-order chi connectivity index (χ0) is 24.1. The molecule has 0 aliphatic heterocycles. The maximum Gasteiger partial charge on any atom is 0.361 e. The Morgan fingerprint density at radius 3 is 2.56 bits per heavy atom. The van der Waals surface area contributed by atoms with Crippen LogP contribution in [0.5, 0.6) is 5.75 Å². The van der Waals surface area contributed by atoms with Gasteiger partial charge in [0.25, 0.3) is 0 Å². The molecule has 2 aromatic carbocycles. The monoisotopic (exact) mass is 499 g/mol. The Morgan fingerprint density at radius 2 is 1.88 bits per heavy atom. The number of hydrogen-bond acceptors (Lipinski definition) is 6. The minimum atomic E-state index is -0.422. The summed E-state index contributed by atoms with van der Waals surface area (Å²) in [6.07, 6.45) is 4.29. The minimum Gasteiger partial charge on any atom is -0.497 e. The van der Waals surface area contributed by atoms with Crippen LogP contribution < -0.4 is 4.74 Å². The summed E-state index contributed by atoms with van der Waals surface area (Å²) in [7, 11) is 1.65. The first-order chi connectivity index (χ1) is 16.5. The number of hydrogen-bond donors (Lipinski definition) is 0. The van der Waals surface area contributed by atoms with E-state index in [1.54, 1.807) is 25.8 Å². The van der Waals surface area contributed by atoms with E-state index in [4.69, 9.17) is 21.1 Å². The van der Waals surface area contributed by atoms with Crippen molar-refractivity contribution in [3.8, 4) is 5.75 Å². The third-order valence-corrected chi connectivity index (χ3v) is 7.95. The number of nitrogens with zero attached hydrogens (tertiary/aromatic N) is 3. The van der Waals surface area contributed by atoms with Crippen molar-refractivity contribution in [3.63, 3.8) is 0 Å². The summed E-state index contributed by atoms with van der Waals surface area (Å²) in [4.78, 5) is 12.6. The summed E-state index contributed by atoms with van der Waals surface area (Å²) in [6, 6.07) is 14.0. The number of halogens is 1. The lowest BCUT2D eigenvalue weighted by Gasteiger charge is -2.29. The van der Waals surface area contributed by atoms with E-state index in [1.807, 2.05) is 35.0 Å². The highest BCUT2D eigenvalue weighted by Crippen LogP contribution is 2.42. The van der Waals surface area contributed by atoms with Gasteiger partial charge in [-0.2, -0.15) is 0 Å². The lowest BCUT2D eigenvalue weighted by atomic mass is 9.82. The van der Waals surface area contributed by atoms with E-state index in [-0.39, 0.29) is 0 Å². The molecule has 34 heavy (non-hydrogen) atoms. The zero-order valence-electron chi connectivity index (χ0n) is 19.8. The first kappa shape index (κ1) is 24.6. The van der Waals surface area contributed by atoms with E-state index in [2.05, 4.69) is 29.4 Å². The Kier molecular flexibility index (Phi) is 8.16. The standard InChI is InChI=1S/C26H30ClN3O3S/c1-4-33-26(31)24-25(30(29-28-24)16-18-6-11-21(32-3)12-7-18)34-22-13-8-19(9-14-22)23-15-20(27)10-5-17(23)2/h5-7,10-12,15,19,22H,4,8-9,13-14,16H2,1-3H3. The van der Waals surface area contributed by atoms with Gasteiger partial charge in [0.15, 0.2) is 0 Å². The van der Waals surface area contributed by atoms with E-state index in [9.17, 15) is 4.79 Å². The summed E-state index contributed by atoms with van der Waals surface area (Å²) in [6.45, 7) is 4.78. The Labute approximate surface area is 210 Å². The third kappa shape index (κ3) is 5.76. The fraction of sp³-hybridized carbons (Fsp3) is 0.423. The van der Waals surface area contributed by atoms with Crippen molar-refractivity contribution in [2.75, 3.05) is 13.7 Å². The topological polar surface area (TPSA) is 66.2 Å². The van der Waals surface area contributed by atoms with Gasteiger partial charge in [0.1, 0.15) is 10.8 Å². The van der Waals surface area contributed by atoms with Gasteiger partial charge in [-0.05, 0) is 86.4 Å². The Morgan fingerprint density at radius 1 is 1.15 bits per heavy atom. The largest absolute Gasteiger partial charge is 0.497 e. The van der Waals surface area contributed by atoms with Crippen molar-refractivity contribution in [2.45, 2.75) is 62.3 Å². The van der Waals surface area contributed by atoms with Crippen molar-refractivity contribution in [1.82, 2.24) is 15.0 Å². The SMILES string of the molecule is CCOC(=O)c1nnn(Cc2ccc(OC)cc2)c1SC1CCC(c2cc(Cl)ccc2C)CC1. The van der Waals surface area contributed by atoms with E-state index in [0.29, 0.717) is 30.0 Å². The molecule has 180 valence electrons. The molecule has 1 aromatic heterocycles. The maximum atomic E-state index is 12.6. The summed E-state index contributed by atoms with van der Waals surface area (Å²) in [5.74, 6) is 0.896. The van der Waals surface area contributed by atoms with E-state index < -0.39 is 5.97 Å². The molecule has 0 atom stereocenters. The number of aryl methyl sites for hydroxylation is 1. The molecule has 8 heteroatoms.